The van der Waals surface area contributed by atoms with E-state index in [1.54, 1.807) is 0 Å². The fourth-order valence-corrected chi connectivity index (χ4v) is 6.78. The van der Waals surface area contributed by atoms with Crippen molar-refractivity contribution >= 4 is 17.3 Å². The standard InChI is InChI=1S/C28H33F3N2O/c1-26(2,3)21-6-9-23(24(13-21)32-22-7-4-20(5-8-22)28(29,30)31)25(34)33-27-14-17-10-18(15-27)12-19(11-17)16-27/h4-9,13,17-19,32H,10-12,14-16H2,1-3H3,(H,33,34). The van der Waals surface area contributed by atoms with Crippen LogP contribution in [0.2, 0.25) is 0 Å². The van der Waals surface area contributed by atoms with Gasteiger partial charge in [-0.25, -0.2) is 0 Å². The average Bonchev–Trinajstić information content (AvgIpc) is 2.71. The van der Waals surface area contributed by atoms with Crippen LogP contribution in [0.5, 0.6) is 0 Å². The first-order valence-electron chi connectivity index (χ1n) is 12.3. The van der Waals surface area contributed by atoms with Gasteiger partial charge in [0.25, 0.3) is 5.91 Å². The Morgan fingerprint density at radius 3 is 1.88 bits per heavy atom. The molecule has 0 spiro atoms. The number of amides is 1. The first-order chi connectivity index (χ1) is 15.9. The highest BCUT2D eigenvalue weighted by atomic mass is 19.4. The van der Waals surface area contributed by atoms with E-state index < -0.39 is 11.7 Å². The summed E-state index contributed by atoms with van der Waals surface area (Å²) >= 11 is 0. The molecule has 0 aromatic heterocycles. The van der Waals surface area contributed by atoms with Crippen LogP contribution >= 0.6 is 0 Å². The van der Waals surface area contributed by atoms with Gasteiger partial charge in [0.15, 0.2) is 0 Å². The topological polar surface area (TPSA) is 41.1 Å². The van der Waals surface area contributed by atoms with E-state index in [0.717, 1.165) is 54.7 Å². The van der Waals surface area contributed by atoms with E-state index in [0.29, 0.717) is 16.9 Å². The van der Waals surface area contributed by atoms with Gasteiger partial charge in [0.1, 0.15) is 0 Å². The number of hydrogen-bond donors (Lipinski definition) is 2. The van der Waals surface area contributed by atoms with Crippen molar-refractivity contribution in [1.82, 2.24) is 5.32 Å². The maximum atomic E-state index is 13.6. The summed E-state index contributed by atoms with van der Waals surface area (Å²) in [6.07, 6.45) is 2.71. The SMILES string of the molecule is CC(C)(C)c1ccc(C(=O)NC23CC4CC(CC(C4)C2)C3)c(Nc2ccc(C(F)(F)F)cc2)c1. The number of anilines is 2. The molecule has 4 aliphatic rings. The molecule has 6 rings (SSSR count). The van der Waals surface area contributed by atoms with Crippen LogP contribution in [0.3, 0.4) is 0 Å². The summed E-state index contributed by atoms with van der Waals surface area (Å²) in [5.41, 5.74) is 1.78. The largest absolute Gasteiger partial charge is 0.416 e. The summed E-state index contributed by atoms with van der Waals surface area (Å²) in [6.45, 7) is 6.29. The summed E-state index contributed by atoms with van der Waals surface area (Å²) < 4.78 is 38.9. The van der Waals surface area contributed by atoms with E-state index in [9.17, 15) is 18.0 Å². The van der Waals surface area contributed by atoms with E-state index in [4.69, 9.17) is 0 Å². The molecule has 2 N–H and O–H groups in total. The zero-order valence-corrected chi connectivity index (χ0v) is 20.1. The Labute approximate surface area is 199 Å². The predicted molar refractivity (Wildman–Crippen MR) is 128 cm³/mol. The number of carbonyl (C=O) groups is 1. The lowest BCUT2D eigenvalue weighted by Crippen LogP contribution is -2.59. The maximum absolute atomic E-state index is 13.6. The zero-order chi connectivity index (χ0) is 24.3. The molecule has 0 atom stereocenters. The van der Waals surface area contributed by atoms with Gasteiger partial charge >= 0.3 is 6.18 Å². The minimum absolute atomic E-state index is 0.100. The molecule has 4 saturated carbocycles. The number of halogens is 3. The molecular formula is C28H33F3N2O. The molecule has 34 heavy (non-hydrogen) atoms. The molecule has 1 amide bonds. The number of carbonyl (C=O) groups excluding carboxylic acids is 1. The molecule has 4 aliphatic carbocycles. The number of hydrogen-bond acceptors (Lipinski definition) is 2. The van der Waals surface area contributed by atoms with Gasteiger partial charge in [-0.05, 0) is 104 Å². The molecule has 0 radical (unpaired) electrons. The molecule has 6 heteroatoms. The fourth-order valence-electron chi connectivity index (χ4n) is 6.78. The van der Waals surface area contributed by atoms with Crippen molar-refractivity contribution in [1.29, 1.82) is 0 Å². The Morgan fingerprint density at radius 2 is 1.38 bits per heavy atom. The molecule has 0 heterocycles. The van der Waals surface area contributed by atoms with Crippen LogP contribution in [-0.2, 0) is 11.6 Å². The van der Waals surface area contributed by atoms with Gasteiger partial charge in [-0.3, -0.25) is 4.79 Å². The van der Waals surface area contributed by atoms with Gasteiger partial charge in [0.2, 0.25) is 0 Å². The highest BCUT2D eigenvalue weighted by molar-refractivity contribution is 6.01. The highest BCUT2D eigenvalue weighted by Gasteiger charge is 2.51. The molecule has 0 aliphatic heterocycles. The maximum Gasteiger partial charge on any atom is 0.416 e. The van der Waals surface area contributed by atoms with Crippen LogP contribution in [0.15, 0.2) is 42.5 Å². The van der Waals surface area contributed by atoms with E-state index in [-0.39, 0.29) is 16.9 Å². The smallest absolute Gasteiger partial charge is 0.355 e. The molecule has 4 bridgehead atoms. The van der Waals surface area contributed by atoms with Crippen molar-refractivity contribution in [3.05, 3.63) is 59.2 Å². The second kappa shape index (κ2) is 8.03. The molecular weight excluding hydrogens is 437 g/mol. The first kappa shape index (κ1) is 23.3. The highest BCUT2D eigenvalue weighted by Crippen LogP contribution is 2.55. The lowest BCUT2D eigenvalue weighted by Gasteiger charge is -2.56. The summed E-state index contributed by atoms with van der Waals surface area (Å²) in [7, 11) is 0. The number of benzene rings is 2. The van der Waals surface area contributed by atoms with Gasteiger partial charge < -0.3 is 10.6 Å². The van der Waals surface area contributed by atoms with Gasteiger partial charge in [-0.15, -0.1) is 0 Å². The summed E-state index contributed by atoms with van der Waals surface area (Å²) in [5, 5.41) is 6.65. The quantitative estimate of drug-likeness (QED) is 0.487. The minimum Gasteiger partial charge on any atom is -0.355 e. The van der Waals surface area contributed by atoms with Gasteiger partial charge in [-0.2, -0.15) is 13.2 Å². The van der Waals surface area contributed by atoms with Crippen molar-refractivity contribution in [2.75, 3.05) is 5.32 Å². The summed E-state index contributed by atoms with van der Waals surface area (Å²) in [5.74, 6) is 2.07. The Hall–Kier alpha value is -2.50. The lowest BCUT2D eigenvalue weighted by atomic mass is 9.53. The van der Waals surface area contributed by atoms with Crippen molar-refractivity contribution in [3.63, 3.8) is 0 Å². The second-order valence-corrected chi connectivity index (χ2v) is 11.9. The van der Waals surface area contributed by atoms with Crippen molar-refractivity contribution in [2.24, 2.45) is 17.8 Å². The normalized spacial score (nSPS) is 28.1. The molecule has 182 valence electrons. The van der Waals surface area contributed by atoms with Crippen LogP contribution in [-0.4, -0.2) is 11.4 Å². The van der Waals surface area contributed by atoms with Gasteiger partial charge in [0, 0.05) is 11.2 Å². The number of nitrogens with one attached hydrogen (secondary N) is 2. The van der Waals surface area contributed by atoms with E-state index in [1.165, 1.54) is 31.4 Å². The van der Waals surface area contributed by atoms with E-state index in [2.05, 4.69) is 31.4 Å². The molecule has 2 aromatic carbocycles. The Kier molecular flexibility index (Phi) is 5.49. The van der Waals surface area contributed by atoms with Crippen LogP contribution < -0.4 is 10.6 Å². The van der Waals surface area contributed by atoms with Crippen LogP contribution in [0, 0.1) is 17.8 Å². The van der Waals surface area contributed by atoms with Crippen LogP contribution in [0.25, 0.3) is 0 Å². The molecule has 3 nitrogen and oxygen atoms in total. The number of rotatable bonds is 4. The Morgan fingerprint density at radius 1 is 0.853 bits per heavy atom. The molecule has 0 unspecified atom stereocenters. The van der Waals surface area contributed by atoms with Gasteiger partial charge in [0.05, 0.1) is 16.8 Å². The predicted octanol–water partition coefficient (Wildman–Crippen LogP) is 7.45. The van der Waals surface area contributed by atoms with E-state index >= 15 is 0 Å². The monoisotopic (exact) mass is 470 g/mol. The summed E-state index contributed by atoms with van der Waals surface area (Å²) in [4.78, 5) is 13.6. The number of alkyl halides is 3. The van der Waals surface area contributed by atoms with Crippen molar-refractivity contribution in [3.8, 4) is 0 Å². The Balaban J connectivity index is 1.43. The first-order valence-corrected chi connectivity index (χ1v) is 12.3. The van der Waals surface area contributed by atoms with Crippen molar-refractivity contribution < 1.29 is 18.0 Å². The molecule has 2 aromatic rings. The third kappa shape index (κ3) is 4.56. The zero-order valence-electron chi connectivity index (χ0n) is 20.1. The molecule has 4 fully saturated rings. The van der Waals surface area contributed by atoms with Crippen LogP contribution in [0.1, 0.15) is 80.8 Å². The third-order valence-corrected chi connectivity index (χ3v) is 8.04. The van der Waals surface area contributed by atoms with E-state index in [1.807, 2.05) is 18.2 Å². The average molecular weight is 471 g/mol. The third-order valence-electron chi connectivity index (χ3n) is 8.04. The minimum atomic E-state index is -4.38. The van der Waals surface area contributed by atoms with Crippen molar-refractivity contribution in [2.45, 2.75) is 76.4 Å². The summed E-state index contributed by atoms with van der Waals surface area (Å²) in [6, 6.07) is 10.7. The van der Waals surface area contributed by atoms with Gasteiger partial charge in [-0.1, -0.05) is 26.8 Å². The fraction of sp³-hybridized carbons (Fsp3) is 0.536. The van der Waals surface area contributed by atoms with Crippen LogP contribution in [0.4, 0.5) is 24.5 Å². The Bertz CT molecular complexity index is 1050. The molecule has 0 saturated heterocycles. The lowest BCUT2D eigenvalue weighted by molar-refractivity contribution is -0.137. The second-order valence-electron chi connectivity index (χ2n) is 11.9.